The van der Waals surface area contributed by atoms with E-state index in [9.17, 15) is 18.0 Å². The lowest BCUT2D eigenvalue weighted by atomic mass is 9.95. The second-order valence-electron chi connectivity index (χ2n) is 3.81. The third-order valence-corrected chi connectivity index (χ3v) is 2.51. The quantitative estimate of drug-likeness (QED) is 0.590. The number of hydrogen-bond donors (Lipinski definition) is 1. The number of ether oxygens (including phenoxy) is 1. The highest BCUT2D eigenvalue weighted by molar-refractivity contribution is 5.89. The SMILES string of the molecule is C=C(C(=O)OC1CCC(O)CC1)C(F)(F)F. The second kappa shape index (κ2) is 4.86. The van der Waals surface area contributed by atoms with Crippen LogP contribution < -0.4 is 0 Å². The number of hydrogen-bond acceptors (Lipinski definition) is 3. The van der Waals surface area contributed by atoms with Crippen LogP contribution in [0.5, 0.6) is 0 Å². The van der Waals surface area contributed by atoms with Crippen LogP contribution in [0, 0.1) is 0 Å². The molecule has 0 radical (unpaired) electrons. The Balaban J connectivity index is 2.43. The van der Waals surface area contributed by atoms with Crippen molar-refractivity contribution in [1.29, 1.82) is 0 Å². The second-order valence-corrected chi connectivity index (χ2v) is 3.81. The molecule has 0 unspecified atom stereocenters. The minimum Gasteiger partial charge on any atom is -0.459 e. The Labute approximate surface area is 90.9 Å². The molecule has 0 heterocycles. The summed E-state index contributed by atoms with van der Waals surface area (Å²) >= 11 is 0. The summed E-state index contributed by atoms with van der Waals surface area (Å²) in [4.78, 5) is 11.0. The molecular formula is C10H13F3O3. The normalized spacial score (nSPS) is 26.2. The number of carbonyl (C=O) groups is 1. The zero-order chi connectivity index (χ0) is 12.3. The molecule has 16 heavy (non-hydrogen) atoms. The van der Waals surface area contributed by atoms with Crippen molar-refractivity contribution in [3.05, 3.63) is 12.2 Å². The third-order valence-electron chi connectivity index (χ3n) is 2.51. The average molecular weight is 238 g/mol. The molecule has 1 N–H and O–H groups in total. The van der Waals surface area contributed by atoms with Crippen molar-refractivity contribution in [3.8, 4) is 0 Å². The van der Waals surface area contributed by atoms with Crippen molar-refractivity contribution in [2.75, 3.05) is 0 Å². The molecule has 0 aromatic heterocycles. The van der Waals surface area contributed by atoms with Crippen LogP contribution in [0.25, 0.3) is 0 Å². The summed E-state index contributed by atoms with van der Waals surface area (Å²) in [7, 11) is 0. The van der Waals surface area contributed by atoms with Crippen LogP contribution in [0.2, 0.25) is 0 Å². The first kappa shape index (κ1) is 13.0. The molecule has 0 amide bonds. The lowest BCUT2D eigenvalue weighted by molar-refractivity contribution is -0.157. The summed E-state index contributed by atoms with van der Waals surface area (Å²) < 4.78 is 40.9. The van der Waals surface area contributed by atoms with Crippen molar-refractivity contribution in [2.45, 2.75) is 44.1 Å². The molecule has 0 aromatic rings. The van der Waals surface area contributed by atoms with Gasteiger partial charge in [0.15, 0.2) is 0 Å². The fraction of sp³-hybridized carbons (Fsp3) is 0.700. The number of alkyl halides is 3. The number of esters is 1. The van der Waals surface area contributed by atoms with E-state index < -0.39 is 29.9 Å². The number of aliphatic hydroxyl groups is 1. The lowest BCUT2D eigenvalue weighted by Crippen LogP contribution is -2.29. The van der Waals surface area contributed by atoms with Crippen molar-refractivity contribution in [3.63, 3.8) is 0 Å². The van der Waals surface area contributed by atoms with Crippen LogP contribution in [0.4, 0.5) is 13.2 Å². The molecule has 0 atom stereocenters. The lowest BCUT2D eigenvalue weighted by Gasteiger charge is -2.25. The van der Waals surface area contributed by atoms with Gasteiger partial charge in [0.1, 0.15) is 11.7 Å². The molecule has 0 saturated heterocycles. The van der Waals surface area contributed by atoms with Crippen molar-refractivity contribution >= 4 is 5.97 Å². The van der Waals surface area contributed by atoms with Gasteiger partial charge in [0, 0.05) is 0 Å². The van der Waals surface area contributed by atoms with Gasteiger partial charge >= 0.3 is 12.1 Å². The largest absolute Gasteiger partial charge is 0.459 e. The van der Waals surface area contributed by atoms with E-state index in [0.717, 1.165) is 0 Å². The molecule has 6 heteroatoms. The van der Waals surface area contributed by atoms with E-state index in [2.05, 4.69) is 11.3 Å². The van der Waals surface area contributed by atoms with E-state index in [-0.39, 0.29) is 0 Å². The molecule has 1 fully saturated rings. The fourth-order valence-electron chi connectivity index (χ4n) is 1.50. The standard InChI is InChI=1S/C10H13F3O3/c1-6(10(11,12)13)9(15)16-8-4-2-7(14)3-5-8/h7-8,14H,1-5H2. The van der Waals surface area contributed by atoms with Gasteiger partial charge in [-0.05, 0) is 25.7 Å². The molecule has 1 saturated carbocycles. The van der Waals surface area contributed by atoms with Gasteiger partial charge in [0.25, 0.3) is 0 Å². The van der Waals surface area contributed by atoms with Gasteiger partial charge in [-0.15, -0.1) is 0 Å². The Hall–Kier alpha value is -1.04. The van der Waals surface area contributed by atoms with Crippen molar-refractivity contribution < 1.29 is 27.8 Å². The maximum absolute atomic E-state index is 12.1. The molecule has 0 bridgehead atoms. The average Bonchev–Trinajstić information content (AvgIpc) is 2.19. The number of halogens is 3. The Kier molecular flexibility index (Phi) is 3.96. The first-order chi connectivity index (χ1) is 7.30. The molecule has 3 nitrogen and oxygen atoms in total. The topological polar surface area (TPSA) is 46.5 Å². The highest BCUT2D eigenvalue weighted by Crippen LogP contribution is 2.27. The Morgan fingerprint density at radius 3 is 2.19 bits per heavy atom. The third kappa shape index (κ3) is 3.52. The summed E-state index contributed by atoms with van der Waals surface area (Å²) in [6, 6.07) is 0. The molecule has 0 aromatic carbocycles. The highest BCUT2D eigenvalue weighted by atomic mass is 19.4. The molecule has 1 aliphatic carbocycles. The van der Waals surface area contributed by atoms with Gasteiger partial charge in [-0.25, -0.2) is 4.79 Å². The first-order valence-corrected chi connectivity index (χ1v) is 4.96. The zero-order valence-electron chi connectivity index (χ0n) is 8.59. The van der Waals surface area contributed by atoms with Crippen LogP contribution in [-0.4, -0.2) is 29.5 Å². The number of aliphatic hydroxyl groups excluding tert-OH is 1. The smallest absolute Gasteiger partial charge is 0.422 e. The molecule has 1 rings (SSSR count). The maximum Gasteiger partial charge on any atom is 0.422 e. The van der Waals surface area contributed by atoms with E-state index in [1.807, 2.05) is 0 Å². The van der Waals surface area contributed by atoms with E-state index in [0.29, 0.717) is 25.7 Å². The molecule has 0 spiro atoms. The van der Waals surface area contributed by atoms with Gasteiger partial charge in [-0.1, -0.05) is 6.58 Å². The first-order valence-electron chi connectivity index (χ1n) is 4.96. The van der Waals surface area contributed by atoms with E-state index in [1.54, 1.807) is 0 Å². The van der Waals surface area contributed by atoms with Gasteiger partial charge in [0.2, 0.25) is 0 Å². The molecule has 92 valence electrons. The predicted octanol–water partition coefficient (Wildman–Crippen LogP) is 1.95. The van der Waals surface area contributed by atoms with Crippen LogP contribution in [-0.2, 0) is 9.53 Å². The van der Waals surface area contributed by atoms with Gasteiger partial charge in [0.05, 0.1) is 6.10 Å². The van der Waals surface area contributed by atoms with Gasteiger partial charge in [-0.3, -0.25) is 0 Å². The molecule has 1 aliphatic rings. The predicted molar refractivity (Wildman–Crippen MR) is 49.5 cm³/mol. The summed E-state index contributed by atoms with van der Waals surface area (Å²) in [6.45, 7) is 2.66. The Morgan fingerprint density at radius 2 is 1.75 bits per heavy atom. The Morgan fingerprint density at radius 1 is 1.25 bits per heavy atom. The van der Waals surface area contributed by atoms with Gasteiger partial charge < -0.3 is 9.84 Å². The maximum atomic E-state index is 12.1. The van der Waals surface area contributed by atoms with E-state index >= 15 is 0 Å². The number of carbonyl (C=O) groups excluding carboxylic acids is 1. The van der Waals surface area contributed by atoms with Crippen LogP contribution in [0.1, 0.15) is 25.7 Å². The summed E-state index contributed by atoms with van der Waals surface area (Å²) in [6.07, 6.45) is -4.08. The fourth-order valence-corrected chi connectivity index (χ4v) is 1.50. The summed E-state index contributed by atoms with van der Waals surface area (Å²) in [5.41, 5.74) is -1.49. The van der Waals surface area contributed by atoms with Crippen LogP contribution >= 0.6 is 0 Å². The highest BCUT2D eigenvalue weighted by Gasteiger charge is 2.39. The van der Waals surface area contributed by atoms with Crippen molar-refractivity contribution in [1.82, 2.24) is 0 Å². The Bertz CT molecular complexity index is 278. The summed E-state index contributed by atoms with van der Waals surface area (Å²) in [5, 5.41) is 9.16. The molecular weight excluding hydrogens is 225 g/mol. The minimum atomic E-state index is -4.74. The van der Waals surface area contributed by atoms with Crippen LogP contribution in [0.15, 0.2) is 12.2 Å². The molecule has 0 aliphatic heterocycles. The van der Waals surface area contributed by atoms with Crippen LogP contribution in [0.3, 0.4) is 0 Å². The van der Waals surface area contributed by atoms with Gasteiger partial charge in [-0.2, -0.15) is 13.2 Å². The van der Waals surface area contributed by atoms with E-state index in [1.165, 1.54) is 0 Å². The zero-order valence-corrected chi connectivity index (χ0v) is 8.59. The van der Waals surface area contributed by atoms with E-state index in [4.69, 9.17) is 5.11 Å². The minimum absolute atomic E-state index is 0.387. The summed E-state index contributed by atoms with van der Waals surface area (Å²) in [5.74, 6) is -1.42. The monoisotopic (exact) mass is 238 g/mol. The number of rotatable bonds is 2. The van der Waals surface area contributed by atoms with Crippen molar-refractivity contribution in [2.24, 2.45) is 0 Å².